The average Bonchev–Trinajstić information content (AvgIpc) is 3.72. The molecule has 1 aliphatic heterocycles. The number of aromatic nitrogens is 6. The van der Waals surface area contributed by atoms with Gasteiger partial charge in [-0.1, -0.05) is 18.2 Å². The molecule has 2 amide bonds. The number of tetrazole rings is 1. The van der Waals surface area contributed by atoms with Crippen molar-refractivity contribution < 1.29 is 18.7 Å². The van der Waals surface area contributed by atoms with Gasteiger partial charge in [0.25, 0.3) is 5.91 Å². The van der Waals surface area contributed by atoms with E-state index in [1.54, 1.807) is 30.7 Å². The Morgan fingerprint density at radius 2 is 1.90 bits per heavy atom. The molecule has 1 N–H and O–H groups in total. The van der Waals surface area contributed by atoms with E-state index in [1.807, 2.05) is 30.3 Å². The molecule has 5 aromatic rings. The lowest BCUT2D eigenvalue weighted by atomic mass is 10.0. The third kappa shape index (κ3) is 5.98. The Morgan fingerprint density at radius 1 is 1.10 bits per heavy atom. The summed E-state index contributed by atoms with van der Waals surface area (Å²) in [7, 11) is 0. The second-order valence-electron chi connectivity index (χ2n) is 9.86. The molecule has 2 unspecified atom stereocenters. The summed E-state index contributed by atoms with van der Waals surface area (Å²) in [6.07, 6.45) is 6.43. The molecule has 11 nitrogen and oxygen atoms in total. The van der Waals surface area contributed by atoms with Crippen molar-refractivity contribution in [1.82, 2.24) is 35.5 Å². The van der Waals surface area contributed by atoms with Crippen LogP contribution in [0.1, 0.15) is 24.4 Å². The van der Waals surface area contributed by atoms with Crippen LogP contribution in [0.15, 0.2) is 85.3 Å². The van der Waals surface area contributed by atoms with Gasteiger partial charge in [0.05, 0.1) is 23.5 Å². The van der Waals surface area contributed by atoms with Gasteiger partial charge in [0.1, 0.15) is 18.4 Å². The molecular weight excluding hydrogens is 539 g/mol. The highest BCUT2D eigenvalue weighted by Crippen LogP contribution is 2.30. The number of carbonyl (C=O) groups excluding carboxylic acids is 2. The molecule has 1 fully saturated rings. The normalized spacial score (nSPS) is 15.4. The van der Waals surface area contributed by atoms with Crippen LogP contribution in [0.2, 0.25) is 0 Å². The van der Waals surface area contributed by atoms with Crippen molar-refractivity contribution in [1.29, 1.82) is 0 Å². The molecule has 212 valence electrons. The number of rotatable bonds is 9. The number of hydrogen-bond acceptors (Lipinski definition) is 8. The first-order valence-corrected chi connectivity index (χ1v) is 13.5. The minimum Gasteiger partial charge on any atom is -0.376 e. The molecular formula is C30H27FN8O3. The summed E-state index contributed by atoms with van der Waals surface area (Å²) in [5, 5.41) is 16.2. The fraction of sp³-hybridized carbons (Fsp3) is 0.233. The second kappa shape index (κ2) is 12.2. The first kappa shape index (κ1) is 27.1. The van der Waals surface area contributed by atoms with Crippen LogP contribution in [0.4, 0.5) is 10.1 Å². The summed E-state index contributed by atoms with van der Waals surface area (Å²) < 4.78 is 19.1. The van der Waals surface area contributed by atoms with Gasteiger partial charge in [-0.15, -0.1) is 10.2 Å². The lowest BCUT2D eigenvalue weighted by molar-refractivity contribution is -0.127. The third-order valence-corrected chi connectivity index (χ3v) is 7.01. The Hall–Kier alpha value is -5.10. The minimum absolute atomic E-state index is 0.0808. The van der Waals surface area contributed by atoms with E-state index in [0.717, 1.165) is 28.5 Å². The van der Waals surface area contributed by atoms with Crippen molar-refractivity contribution in [3.63, 3.8) is 0 Å². The Kier molecular flexibility index (Phi) is 7.86. The monoisotopic (exact) mass is 566 g/mol. The lowest BCUT2D eigenvalue weighted by Crippen LogP contribution is -2.46. The zero-order valence-electron chi connectivity index (χ0n) is 22.5. The summed E-state index contributed by atoms with van der Waals surface area (Å²) in [6, 6.07) is 17.3. The van der Waals surface area contributed by atoms with Gasteiger partial charge in [-0.05, 0) is 72.1 Å². The third-order valence-electron chi connectivity index (χ3n) is 7.01. The molecule has 0 radical (unpaired) electrons. The standard InChI is InChI=1S/C30H27FN8O3/c31-23-9-7-21(8-10-23)29-35-37-38(36-29)19-27(40)39(24-16-22-4-1-2-6-26(22)33-17-24)28(20-11-13-32-14-12-20)30(41)34-18-25-5-3-15-42-25/h1-2,4,6-14,16-17,25,28H,3,5,15,18-19H2,(H,34,41). The molecule has 0 bridgehead atoms. The predicted molar refractivity (Wildman–Crippen MR) is 151 cm³/mol. The van der Waals surface area contributed by atoms with E-state index in [4.69, 9.17) is 4.74 Å². The summed E-state index contributed by atoms with van der Waals surface area (Å²) in [6.45, 7) is 0.665. The van der Waals surface area contributed by atoms with Gasteiger partial charge in [-0.25, -0.2) is 4.39 Å². The Balaban J connectivity index is 1.36. The highest BCUT2D eigenvalue weighted by molar-refractivity contribution is 6.02. The van der Waals surface area contributed by atoms with E-state index in [-0.39, 0.29) is 30.2 Å². The predicted octanol–water partition coefficient (Wildman–Crippen LogP) is 3.49. The molecule has 1 aliphatic rings. The molecule has 0 spiro atoms. The fourth-order valence-corrected chi connectivity index (χ4v) is 4.93. The molecule has 42 heavy (non-hydrogen) atoms. The summed E-state index contributed by atoms with van der Waals surface area (Å²) in [5.41, 5.74) is 2.29. The number of hydrogen-bond donors (Lipinski definition) is 1. The first-order chi connectivity index (χ1) is 20.5. The smallest absolute Gasteiger partial charge is 0.251 e. The van der Waals surface area contributed by atoms with E-state index < -0.39 is 11.9 Å². The fourth-order valence-electron chi connectivity index (χ4n) is 4.93. The van der Waals surface area contributed by atoms with Crippen LogP contribution in [0.25, 0.3) is 22.3 Å². The number of nitrogens with zero attached hydrogens (tertiary/aromatic N) is 7. The highest BCUT2D eigenvalue weighted by atomic mass is 19.1. The Labute approximate surface area is 240 Å². The molecule has 2 aromatic carbocycles. The van der Waals surface area contributed by atoms with Gasteiger partial charge in [0.2, 0.25) is 11.7 Å². The van der Waals surface area contributed by atoms with Crippen LogP contribution in [-0.2, 0) is 20.9 Å². The SMILES string of the molecule is O=C(NCC1CCCO1)C(c1ccncc1)N(C(=O)Cn1nnc(-c2ccc(F)cc2)n1)c1cnc2ccccc2c1. The maximum absolute atomic E-state index is 14.1. The van der Waals surface area contributed by atoms with Crippen LogP contribution in [0.3, 0.4) is 0 Å². The first-order valence-electron chi connectivity index (χ1n) is 13.5. The van der Waals surface area contributed by atoms with Gasteiger partial charge in [-0.2, -0.15) is 4.80 Å². The van der Waals surface area contributed by atoms with E-state index in [9.17, 15) is 14.0 Å². The molecule has 3 aromatic heterocycles. The van der Waals surface area contributed by atoms with Crippen molar-refractivity contribution >= 4 is 28.4 Å². The molecule has 6 rings (SSSR count). The quantitative estimate of drug-likeness (QED) is 0.287. The maximum atomic E-state index is 14.1. The van der Waals surface area contributed by atoms with Crippen molar-refractivity contribution in [2.24, 2.45) is 0 Å². The number of benzene rings is 2. The Morgan fingerprint density at radius 3 is 2.69 bits per heavy atom. The number of carbonyl (C=O) groups is 2. The van der Waals surface area contributed by atoms with E-state index in [0.29, 0.717) is 30.0 Å². The summed E-state index contributed by atoms with van der Waals surface area (Å²) >= 11 is 0. The van der Waals surface area contributed by atoms with Gasteiger partial charge in [0.15, 0.2) is 0 Å². The number of halogens is 1. The van der Waals surface area contributed by atoms with Crippen molar-refractivity contribution in [2.45, 2.75) is 31.5 Å². The van der Waals surface area contributed by atoms with Crippen LogP contribution < -0.4 is 10.2 Å². The molecule has 1 saturated heterocycles. The number of para-hydroxylation sites is 1. The van der Waals surface area contributed by atoms with Crippen LogP contribution in [0.5, 0.6) is 0 Å². The van der Waals surface area contributed by atoms with Gasteiger partial charge < -0.3 is 10.1 Å². The molecule has 0 saturated carbocycles. The summed E-state index contributed by atoms with van der Waals surface area (Å²) in [5.74, 6) is -0.997. The average molecular weight is 567 g/mol. The molecule has 4 heterocycles. The Bertz CT molecular complexity index is 1690. The van der Waals surface area contributed by atoms with Crippen LogP contribution in [0, 0.1) is 5.82 Å². The molecule has 12 heteroatoms. The number of anilines is 1. The second-order valence-corrected chi connectivity index (χ2v) is 9.86. The number of pyridine rings is 2. The topological polar surface area (TPSA) is 128 Å². The van der Waals surface area contributed by atoms with Crippen LogP contribution >= 0.6 is 0 Å². The van der Waals surface area contributed by atoms with Crippen LogP contribution in [-0.4, -0.2) is 61.2 Å². The van der Waals surface area contributed by atoms with Crippen molar-refractivity contribution in [3.8, 4) is 11.4 Å². The van der Waals surface area contributed by atoms with Gasteiger partial charge >= 0.3 is 0 Å². The lowest BCUT2D eigenvalue weighted by Gasteiger charge is -2.31. The minimum atomic E-state index is -1.05. The van der Waals surface area contributed by atoms with Gasteiger partial charge in [-0.3, -0.25) is 24.5 Å². The number of ether oxygens (including phenoxy) is 1. The molecule has 2 atom stereocenters. The number of nitrogens with one attached hydrogen (secondary N) is 1. The highest BCUT2D eigenvalue weighted by Gasteiger charge is 2.34. The number of fused-ring (bicyclic) bond motifs is 1. The van der Waals surface area contributed by atoms with E-state index >= 15 is 0 Å². The van der Waals surface area contributed by atoms with E-state index in [2.05, 4.69) is 30.7 Å². The maximum Gasteiger partial charge on any atom is 0.251 e. The van der Waals surface area contributed by atoms with Gasteiger partial charge in [0, 0.05) is 36.5 Å². The summed E-state index contributed by atoms with van der Waals surface area (Å²) in [4.78, 5) is 39.2. The van der Waals surface area contributed by atoms with Crippen molar-refractivity contribution in [3.05, 3.63) is 96.7 Å². The largest absolute Gasteiger partial charge is 0.376 e. The van der Waals surface area contributed by atoms with Crippen molar-refractivity contribution in [2.75, 3.05) is 18.1 Å². The zero-order valence-corrected chi connectivity index (χ0v) is 22.5. The number of amides is 2. The molecule has 0 aliphatic carbocycles. The van der Waals surface area contributed by atoms with E-state index in [1.165, 1.54) is 29.2 Å². The zero-order chi connectivity index (χ0) is 28.9.